The first-order valence-electron chi connectivity index (χ1n) is 12.5. The fourth-order valence-electron chi connectivity index (χ4n) is 4.99. The van der Waals surface area contributed by atoms with Crippen molar-refractivity contribution in [3.63, 3.8) is 0 Å². The number of carbonyl (C=O) groups is 2. The molecule has 0 spiro atoms. The zero-order valence-corrected chi connectivity index (χ0v) is 22.6. The van der Waals surface area contributed by atoms with Crippen molar-refractivity contribution in [2.45, 2.75) is 20.4 Å². The third-order valence-corrected chi connectivity index (χ3v) is 7.93. The second kappa shape index (κ2) is 11.0. The number of carboxylic acids is 1. The molecule has 3 aromatic carbocycles. The van der Waals surface area contributed by atoms with Crippen LogP contribution in [0.1, 0.15) is 26.5 Å². The van der Waals surface area contributed by atoms with Crippen molar-refractivity contribution in [3.05, 3.63) is 87.6 Å². The molecule has 0 aliphatic carbocycles. The Hall–Kier alpha value is -4.08. The van der Waals surface area contributed by atoms with Crippen LogP contribution in [-0.2, 0) is 11.3 Å². The number of benzene rings is 3. The Morgan fingerprint density at radius 3 is 2.54 bits per heavy atom. The number of hydrogen-bond acceptors (Lipinski definition) is 6. The molecule has 1 aromatic heterocycles. The molecule has 1 aliphatic rings. The number of rotatable bonds is 8. The van der Waals surface area contributed by atoms with Crippen LogP contribution in [0.3, 0.4) is 0 Å². The smallest absolute Gasteiger partial charge is 0.309 e. The Balaban J connectivity index is 1.46. The maximum atomic E-state index is 15.8. The van der Waals surface area contributed by atoms with Gasteiger partial charge in [0, 0.05) is 42.5 Å². The molecule has 7 nitrogen and oxygen atoms in total. The van der Waals surface area contributed by atoms with Crippen LogP contribution in [0.15, 0.2) is 60.1 Å². The third kappa shape index (κ3) is 5.28. The van der Waals surface area contributed by atoms with Gasteiger partial charge in [-0.2, -0.15) is 0 Å². The van der Waals surface area contributed by atoms with E-state index in [9.17, 15) is 9.59 Å². The number of nitrogens with one attached hydrogen (secondary N) is 1. The standard InChI is InChI=1S/C30H28FN3O4S/c1-17-22(19-6-4-7-21(12-19)33-28(35)29-32-10-11-39-29)8-5-9-23(17)24-13-26(38-3)25(27(31)18(24)2)16-34-14-20(15-34)30(36)37/h4-13,20H,14-16H2,1-3H3,(H,33,35)(H,36,37). The van der Waals surface area contributed by atoms with Crippen LogP contribution in [0.5, 0.6) is 5.75 Å². The molecule has 9 heteroatoms. The number of hydrogen-bond donors (Lipinski definition) is 2. The highest BCUT2D eigenvalue weighted by Gasteiger charge is 2.33. The van der Waals surface area contributed by atoms with Gasteiger partial charge in [0.05, 0.1) is 13.0 Å². The quantitative estimate of drug-likeness (QED) is 0.282. The van der Waals surface area contributed by atoms with Gasteiger partial charge in [-0.3, -0.25) is 14.5 Å². The Morgan fingerprint density at radius 1 is 1.10 bits per heavy atom. The van der Waals surface area contributed by atoms with Crippen LogP contribution in [0.2, 0.25) is 0 Å². The molecule has 39 heavy (non-hydrogen) atoms. The molecule has 5 rings (SSSR count). The van der Waals surface area contributed by atoms with E-state index in [0.717, 1.165) is 27.8 Å². The molecule has 0 unspecified atom stereocenters. The lowest BCUT2D eigenvalue weighted by molar-refractivity contribution is -0.147. The number of ether oxygens (including phenoxy) is 1. The molecule has 4 aromatic rings. The van der Waals surface area contributed by atoms with Gasteiger partial charge in [-0.1, -0.05) is 30.3 Å². The normalized spacial score (nSPS) is 13.6. The van der Waals surface area contributed by atoms with E-state index >= 15 is 4.39 Å². The van der Waals surface area contributed by atoms with Gasteiger partial charge in [0.1, 0.15) is 11.6 Å². The molecule has 0 bridgehead atoms. The number of thiazole rings is 1. The van der Waals surface area contributed by atoms with Gasteiger partial charge in [-0.15, -0.1) is 11.3 Å². The number of nitrogens with zero attached hydrogens (tertiary/aromatic N) is 2. The van der Waals surface area contributed by atoms with E-state index in [1.807, 2.05) is 60.4 Å². The number of methoxy groups -OCH3 is 1. The first kappa shape index (κ1) is 26.5. The molecule has 200 valence electrons. The third-order valence-electron chi connectivity index (χ3n) is 7.16. The Morgan fingerprint density at radius 2 is 1.85 bits per heavy atom. The summed E-state index contributed by atoms with van der Waals surface area (Å²) in [5.41, 5.74) is 6.03. The molecule has 0 saturated carbocycles. The number of carbonyl (C=O) groups excluding carboxylic acids is 1. The highest BCUT2D eigenvalue weighted by Crippen LogP contribution is 2.39. The first-order valence-corrected chi connectivity index (χ1v) is 13.4. The van der Waals surface area contributed by atoms with E-state index in [-0.39, 0.29) is 11.7 Å². The molecule has 1 aliphatic heterocycles. The molecular weight excluding hydrogens is 517 g/mol. The maximum Gasteiger partial charge on any atom is 0.309 e. The molecule has 1 saturated heterocycles. The first-order chi connectivity index (χ1) is 18.8. The summed E-state index contributed by atoms with van der Waals surface area (Å²) in [4.78, 5) is 29.6. The topological polar surface area (TPSA) is 91.8 Å². The highest BCUT2D eigenvalue weighted by atomic mass is 32.1. The largest absolute Gasteiger partial charge is 0.496 e. The predicted molar refractivity (Wildman–Crippen MR) is 150 cm³/mol. The fraction of sp³-hybridized carbons (Fsp3) is 0.233. The van der Waals surface area contributed by atoms with Crippen molar-refractivity contribution in [3.8, 4) is 28.0 Å². The molecule has 2 N–H and O–H groups in total. The Labute approximate surface area is 229 Å². The lowest BCUT2D eigenvalue weighted by Gasteiger charge is -2.37. The number of aromatic nitrogens is 1. The van der Waals surface area contributed by atoms with Crippen molar-refractivity contribution in [2.75, 3.05) is 25.5 Å². The van der Waals surface area contributed by atoms with Gasteiger partial charge in [0.2, 0.25) is 0 Å². The van der Waals surface area contributed by atoms with Crippen molar-refractivity contribution in [2.24, 2.45) is 5.92 Å². The average Bonchev–Trinajstić information content (AvgIpc) is 3.44. The van der Waals surface area contributed by atoms with Gasteiger partial charge in [-0.05, 0) is 65.4 Å². The molecule has 0 atom stereocenters. The monoisotopic (exact) mass is 545 g/mol. The SMILES string of the molecule is COc1cc(-c2cccc(-c3cccc(NC(=O)c4nccs4)c3)c2C)c(C)c(F)c1CN1CC(C(=O)O)C1. The molecule has 1 fully saturated rings. The van der Waals surface area contributed by atoms with Crippen molar-refractivity contribution in [1.29, 1.82) is 0 Å². The summed E-state index contributed by atoms with van der Waals surface area (Å²) in [6.45, 7) is 4.82. The molecule has 2 heterocycles. The maximum absolute atomic E-state index is 15.8. The van der Waals surface area contributed by atoms with Crippen molar-refractivity contribution < 1.29 is 23.8 Å². The van der Waals surface area contributed by atoms with E-state index in [2.05, 4.69) is 10.3 Å². The van der Waals surface area contributed by atoms with Crippen molar-refractivity contribution >= 4 is 28.9 Å². The van der Waals surface area contributed by atoms with Gasteiger partial charge in [-0.25, -0.2) is 9.37 Å². The van der Waals surface area contributed by atoms with Gasteiger partial charge in [0.25, 0.3) is 5.91 Å². The minimum Gasteiger partial charge on any atom is -0.496 e. The summed E-state index contributed by atoms with van der Waals surface area (Å²) >= 11 is 1.28. The van der Waals surface area contributed by atoms with Gasteiger partial charge in [0.15, 0.2) is 5.01 Å². The van der Waals surface area contributed by atoms with Crippen LogP contribution in [0, 0.1) is 25.6 Å². The van der Waals surface area contributed by atoms with Crippen LogP contribution in [0.25, 0.3) is 22.3 Å². The summed E-state index contributed by atoms with van der Waals surface area (Å²) in [6, 6.07) is 15.3. The number of anilines is 1. The van der Waals surface area contributed by atoms with Crippen LogP contribution in [-0.4, -0.2) is 47.1 Å². The van der Waals surface area contributed by atoms with E-state index in [0.29, 0.717) is 47.2 Å². The van der Waals surface area contributed by atoms with E-state index in [4.69, 9.17) is 9.84 Å². The van der Waals surface area contributed by atoms with Crippen LogP contribution in [0.4, 0.5) is 10.1 Å². The van der Waals surface area contributed by atoms with E-state index < -0.39 is 11.9 Å². The number of halogens is 1. The number of likely N-dealkylation sites (tertiary alicyclic amines) is 1. The minimum absolute atomic E-state index is 0.261. The van der Waals surface area contributed by atoms with Gasteiger partial charge < -0.3 is 15.2 Å². The number of amides is 1. The molecule has 1 amide bonds. The Bertz CT molecular complexity index is 1550. The average molecular weight is 546 g/mol. The number of carboxylic acid groups (broad SMARTS) is 1. The lowest BCUT2D eigenvalue weighted by Crippen LogP contribution is -2.49. The second-order valence-corrected chi connectivity index (χ2v) is 10.5. The van der Waals surface area contributed by atoms with Gasteiger partial charge >= 0.3 is 5.97 Å². The summed E-state index contributed by atoms with van der Waals surface area (Å²) in [5, 5.41) is 14.2. The zero-order valence-electron chi connectivity index (χ0n) is 21.8. The Kier molecular flexibility index (Phi) is 7.45. The summed E-state index contributed by atoms with van der Waals surface area (Å²) in [7, 11) is 1.52. The van der Waals surface area contributed by atoms with E-state index in [1.54, 1.807) is 18.5 Å². The number of aliphatic carboxylic acids is 1. The summed E-state index contributed by atoms with van der Waals surface area (Å²) in [6.07, 6.45) is 1.59. The van der Waals surface area contributed by atoms with Crippen LogP contribution < -0.4 is 10.1 Å². The van der Waals surface area contributed by atoms with Crippen molar-refractivity contribution in [1.82, 2.24) is 9.88 Å². The lowest BCUT2D eigenvalue weighted by atomic mass is 9.89. The predicted octanol–water partition coefficient (Wildman–Crippen LogP) is 6.01. The molecular formula is C30H28FN3O4S. The minimum atomic E-state index is -0.826. The summed E-state index contributed by atoms with van der Waals surface area (Å²) < 4.78 is 21.3. The molecule has 0 radical (unpaired) electrons. The summed E-state index contributed by atoms with van der Waals surface area (Å²) in [5.74, 6) is -1.41. The fourth-order valence-corrected chi connectivity index (χ4v) is 5.52. The second-order valence-electron chi connectivity index (χ2n) is 9.62. The van der Waals surface area contributed by atoms with E-state index in [1.165, 1.54) is 18.4 Å². The van der Waals surface area contributed by atoms with Crippen LogP contribution >= 0.6 is 11.3 Å². The zero-order chi connectivity index (χ0) is 27.7. The highest BCUT2D eigenvalue weighted by molar-refractivity contribution is 7.11.